The van der Waals surface area contributed by atoms with Crippen molar-refractivity contribution in [3.63, 3.8) is 0 Å². The standard InChI is InChI=1S/C13H10Cl2N2O2/c1-19-9-4-2-8(3-5-9)6-11-16-12(14)10(7-18)13(15)17-11/h2-5,7H,6H2,1H3. The zero-order valence-corrected chi connectivity index (χ0v) is 11.6. The van der Waals surface area contributed by atoms with Crippen LogP contribution in [-0.2, 0) is 6.42 Å². The van der Waals surface area contributed by atoms with E-state index in [1.807, 2.05) is 24.3 Å². The van der Waals surface area contributed by atoms with Crippen LogP contribution in [0.4, 0.5) is 0 Å². The maximum atomic E-state index is 10.7. The van der Waals surface area contributed by atoms with Crippen LogP contribution in [0.5, 0.6) is 5.75 Å². The summed E-state index contributed by atoms with van der Waals surface area (Å²) < 4.78 is 5.08. The minimum absolute atomic E-state index is 0.0681. The largest absolute Gasteiger partial charge is 0.497 e. The Morgan fingerprint density at radius 3 is 2.21 bits per heavy atom. The first kappa shape index (κ1) is 13.8. The Morgan fingerprint density at radius 2 is 1.74 bits per heavy atom. The van der Waals surface area contributed by atoms with Crippen molar-refractivity contribution in [3.8, 4) is 5.75 Å². The number of nitrogens with zero attached hydrogens (tertiary/aromatic N) is 2. The van der Waals surface area contributed by atoms with Crippen LogP contribution in [0.15, 0.2) is 24.3 Å². The first-order valence-electron chi connectivity index (χ1n) is 5.44. The van der Waals surface area contributed by atoms with Crippen LogP contribution in [0.2, 0.25) is 10.3 Å². The van der Waals surface area contributed by atoms with E-state index in [2.05, 4.69) is 9.97 Å². The number of hydrogen-bond acceptors (Lipinski definition) is 4. The van der Waals surface area contributed by atoms with Crippen molar-refractivity contribution >= 4 is 29.5 Å². The number of carbonyl (C=O) groups excluding carboxylic acids is 1. The van der Waals surface area contributed by atoms with Gasteiger partial charge in [-0.3, -0.25) is 4.79 Å². The minimum Gasteiger partial charge on any atom is -0.497 e. The number of halogens is 2. The van der Waals surface area contributed by atoms with Crippen LogP contribution in [0.25, 0.3) is 0 Å². The molecule has 19 heavy (non-hydrogen) atoms. The zero-order chi connectivity index (χ0) is 13.8. The van der Waals surface area contributed by atoms with Gasteiger partial charge >= 0.3 is 0 Å². The van der Waals surface area contributed by atoms with Gasteiger partial charge in [-0.1, -0.05) is 35.3 Å². The van der Waals surface area contributed by atoms with Gasteiger partial charge in [0.25, 0.3) is 0 Å². The summed E-state index contributed by atoms with van der Waals surface area (Å²) in [6.45, 7) is 0. The lowest BCUT2D eigenvalue weighted by Crippen LogP contribution is -2.01. The third kappa shape index (κ3) is 3.22. The third-order valence-electron chi connectivity index (χ3n) is 2.54. The van der Waals surface area contributed by atoms with Gasteiger partial charge in [0.05, 0.1) is 12.7 Å². The van der Waals surface area contributed by atoms with E-state index in [0.717, 1.165) is 11.3 Å². The average molecular weight is 297 g/mol. The molecule has 0 fully saturated rings. The highest BCUT2D eigenvalue weighted by Gasteiger charge is 2.11. The monoisotopic (exact) mass is 296 g/mol. The molecule has 2 aromatic rings. The summed E-state index contributed by atoms with van der Waals surface area (Å²) in [5, 5.41) is 0.136. The molecular formula is C13H10Cl2N2O2. The molecule has 1 heterocycles. The highest BCUT2D eigenvalue weighted by atomic mass is 35.5. The van der Waals surface area contributed by atoms with Gasteiger partial charge in [-0.05, 0) is 17.7 Å². The molecule has 0 saturated carbocycles. The van der Waals surface area contributed by atoms with Crippen LogP contribution < -0.4 is 4.74 Å². The smallest absolute Gasteiger partial charge is 0.156 e. The second-order valence-corrected chi connectivity index (χ2v) is 4.49. The van der Waals surface area contributed by atoms with Crippen molar-refractivity contribution in [1.82, 2.24) is 9.97 Å². The van der Waals surface area contributed by atoms with E-state index in [-0.39, 0.29) is 15.9 Å². The molecule has 0 aliphatic carbocycles. The minimum atomic E-state index is 0.0681. The van der Waals surface area contributed by atoms with Gasteiger partial charge in [0.15, 0.2) is 6.29 Å². The fourth-order valence-electron chi connectivity index (χ4n) is 1.56. The van der Waals surface area contributed by atoms with Gasteiger partial charge in [-0.25, -0.2) is 9.97 Å². The Labute approximate surface area is 120 Å². The molecule has 4 nitrogen and oxygen atoms in total. The molecule has 0 atom stereocenters. The van der Waals surface area contributed by atoms with Crippen molar-refractivity contribution in [2.75, 3.05) is 7.11 Å². The Morgan fingerprint density at radius 1 is 1.16 bits per heavy atom. The molecule has 0 N–H and O–H groups in total. The van der Waals surface area contributed by atoms with Crippen molar-refractivity contribution in [2.24, 2.45) is 0 Å². The summed E-state index contributed by atoms with van der Waals surface area (Å²) in [6.07, 6.45) is 1.02. The topological polar surface area (TPSA) is 52.1 Å². The fourth-order valence-corrected chi connectivity index (χ4v) is 2.07. The summed E-state index contributed by atoms with van der Waals surface area (Å²) in [6, 6.07) is 7.49. The molecule has 0 aliphatic heterocycles. The van der Waals surface area contributed by atoms with Crippen molar-refractivity contribution in [1.29, 1.82) is 0 Å². The van der Waals surface area contributed by atoms with E-state index in [9.17, 15) is 4.79 Å². The summed E-state index contributed by atoms with van der Waals surface area (Å²) >= 11 is 11.7. The predicted molar refractivity (Wildman–Crippen MR) is 73.2 cm³/mol. The molecule has 0 aliphatic rings. The fraction of sp³-hybridized carbons (Fsp3) is 0.154. The lowest BCUT2D eigenvalue weighted by molar-refractivity contribution is 0.112. The number of rotatable bonds is 4. The highest BCUT2D eigenvalue weighted by Crippen LogP contribution is 2.20. The normalized spacial score (nSPS) is 10.3. The van der Waals surface area contributed by atoms with Gasteiger partial charge in [0.2, 0.25) is 0 Å². The Bertz CT molecular complexity index is 577. The van der Waals surface area contributed by atoms with Crippen LogP contribution in [-0.4, -0.2) is 23.4 Å². The number of aldehydes is 1. The quantitative estimate of drug-likeness (QED) is 0.642. The molecule has 6 heteroatoms. The number of methoxy groups -OCH3 is 1. The van der Waals surface area contributed by atoms with Gasteiger partial charge in [-0.2, -0.15) is 0 Å². The lowest BCUT2D eigenvalue weighted by atomic mass is 10.1. The Balaban J connectivity index is 2.25. The van der Waals surface area contributed by atoms with Crippen LogP contribution in [0.1, 0.15) is 21.7 Å². The van der Waals surface area contributed by atoms with Gasteiger partial charge in [-0.15, -0.1) is 0 Å². The van der Waals surface area contributed by atoms with Crippen LogP contribution in [0, 0.1) is 0 Å². The van der Waals surface area contributed by atoms with Gasteiger partial charge in [0.1, 0.15) is 21.9 Å². The van der Waals surface area contributed by atoms with E-state index >= 15 is 0 Å². The first-order valence-corrected chi connectivity index (χ1v) is 6.19. The Kier molecular flexibility index (Phi) is 4.35. The molecule has 0 spiro atoms. The van der Waals surface area contributed by atoms with Crippen molar-refractivity contribution < 1.29 is 9.53 Å². The summed E-state index contributed by atoms with van der Waals surface area (Å²) in [5.74, 6) is 1.24. The molecule has 2 rings (SSSR count). The third-order valence-corrected chi connectivity index (χ3v) is 3.11. The van der Waals surface area contributed by atoms with Gasteiger partial charge in [0, 0.05) is 6.42 Å². The van der Waals surface area contributed by atoms with Crippen molar-refractivity contribution in [3.05, 3.63) is 51.5 Å². The van der Waals surface area contributed by atoms with E-state index in [1.54, 1.807) is 7.11 Å². The summed E-state index contributed by atoms with van der Waals surface area (Å²) in [7, 11) is 1.61. The average Bonchev–Trinajstić information content (AvgIpc) is 2.39. The Hall–Kier alpha value is -1.65. The number of hydrogen-bond donors (Lipinski definition) is 0. The predicted octanol–water partition coefficient (Wildman–Crippen LogP) is 3.20. The van der Waals surface area contributed by atoms with E-state index in [0.29, 0.717) is 18.5 Å². The maximum absolute atomic E-state index is 10.7. The van der Waals surface area contributed by atoms with Crippen LogP contribution in [0.3, 0.4) is 0 Å². The highest BCUT2D eigenvalue weighted by molar-refractivity contribution is 6.36. The molecule has 98 valence electrons. The summed E-state index contributed by atoms with van der Waals surface area (Å²) in [4.78, 5) is 18.8. The van der Waals surface area contributed by atoms with E-state index in [4.69, 9.17) is 27.9 Å². The number of ether oxygens (including phenoxy) is 1. The van der Waals surface area contributed by atoms with Crippen molar-refractivity contribution in [2.45, 2.75) is 6.42 Å². The number of carbonyl (C=O) groups is 1. The van der Waals surface area contributed by atoms with E-state index < -0.39 is 0 Å². The molecule has 0 unspecified atom stereocenters. The molecule has 0 radical (unpaired) electrons. The summed E-state index contributed by atoms with van der Waals surface area (Å²) in [5.41, 5.74) is 1.11. The molecule has 0 bridgehead atoms. The zero-order valence-electron chi connectivity index (χ0n) is 10.1. The van der Waals surface area contributed by atoms with E-state index in [1.165, 1.54) is 0 Å². The second-order valence-electron chi connectivity index (χ2n) is 3.78. The molecular weight excluding hydrogens is 287 g/mol. The second kappa shape index (κ2) is 5.99. The number of aromatic nitrogens is 2. The molecule has 1 aromatic heterocycles. The van der Waals surface area contributed by atoms with Gasteiger partial charge < -0.3 is 4.74 Å². The molecule has 1 aromatic carbocycles. The SMILES string of the molecule is COc1ccc(Cc2nc(Cl)c(C=O)c(Cl)n2)cc1. The molecule has 0 saturated heterocycles. The van der Waals surface area contributed by atoms with Crippen LogP contribution >= 0.6 is 23.2 Å². The maximum Gasteiger partial charge on any atom is 0.156 e. The first-order chi connectivity index (χ1) is 9.13. The number of benzene rings is 1. The lowest BCUT2D eigenvalue weighted by Gasteiger charge is -2.05. The molecule has 0 amide bonds.